The van der Waals surface area contributed by atoms with Crippen LogP contribution in [0.2, 0.25) is 0 Å². The molecular weight excluding hydrogens is 275 g/mol. The molecule has 0 spiro atoms. The van der Waals surface area contributed by atoms with Gasteiger partial charge in [-0.15, -0.1) is 24.8 Å². The molecule has 0 atom stereocenters. The van der Waals surface area contributed by atoms with E-state index in [-0.39, 0.29) is 36.0 Å². The van der Waals surface area contributed by atoms with Crippen LogP contribution in [0.1, 0.15) is 12.8 Å². The van der Waals surface area contributed by atoms with Gasteiger partial charge in [0.2, 0.25) is 0 Å². The van der Waals surface area contributed by atoms with Crippen LogP contribution < -0.4 is 5.73 Å². The third-order valence-corrected chi connectivity index (χ3v) is 3.33. The predicted molar refractivity (Wildman–Crippen MR) is 71.5 cm³/mol. The molecule has 0 aromatic carbocycles. The summed E-state index contributed by atoms with van der Waals surface area (Å²) in [5.74, 6) is 0.266. The molecule has 1 fully saturated rings. The van der Waals surface area contributed by atoms with E-state index < -0.39 is 9.84 Å². The normalized spacial score (nSPS) is 17.9. The summed E-state index contributed by atoms with van der Waals surface area (Å²) in [5.41, 5.74) is 5.73. The lowest BCUT2D eigenvalue weighted by atomic mass is 10.1. The summed E-state index contributed by atoms with van der Waals surface area (Å²) in [6.07, 6.45) is 3.26. The second-order valence-corrected chi connectivity index (χ2v) is 6.07. The van der Waals surface area contributed by atoms with Crippen LogP contribution in [0.5, 0.6) is 0 Å². The highest BCUT2D eigenvalue weighted by Crippen LogP contribution is 2.07. The minimum atomic E-state index is -2.81. The zero-order valence-electron chi connectivity index (χ0n) is 9.39. The fourth-order valence-electron chi connectivity index (χ4n) is 1.47. The second-order valence-electron chi connectivity index (χ2n) is 3.81. The highest BCUT2D eigenvalue weighted by molar-refractivity contribution is 7.90. The van der Waals surface area contributed by atoms with Gasteiger partial charge in [0.05, 0.1) is 5.75 Å². The number of sulfone groups is 1. The van der Waals surface area contributed by atoms with E-state index in [4.69, 9.17) is 5.73 Å². The quantitative estimate of drug-likeness (QED) is 0.758. The smallest absolute Gasteiger partial charge is 0.148 e. The molecule has 0 bridgehead atoms. The lowest BCUT2D eigenvalue weighted by molar-refractivity contribution is 0.224. The number of hydrogen-bond acceptors (Lipinski definition) is 4. The third kappa shape index (κ3) is 9.62. The van der Waals surface area contributed by atoms with Gasteiger partial charge in [-0.2, -0.15) is 0 Å². The Labute approximate surface area is 110 Å². The molecule has 5 nitrogen and oxygen atoms in total. The highest BCUT2D eigenvalue weighted by atomic mass is 35.5. The van der Waals surface area contributed by atoms with E-state index >= 15 is 0 Å². The Morgan fingerprint density at radius 2 is 1.69 bits per heavy atom. The van der Waals surface area contributed by atoms with Gasteiger partial charge in [0, 0.05) is 18.8 Å². The van der Waals surface area contributed by atoms with Gasteiger partial charge in [-0.25, -0.2) is 8.42 Å². The van der Waals surface area contributed by atoms with Crippen LogP contribution in [0.25, 0.3) is 0 Å². The first-order valence-electron chi connectivity index (χ1n) is 4.63. The molecule has 0 unspecified atom stereocenters. The van der Waals surface area contributed by atoms with Crippen molar-refractivity contribution in [3.05, 3.63) is 0 Å². The van der Waals surface area contributed by atoms with Crippen molar-refractivity contribution in [3.8, 4) is 0 Å². The van der Waals surface area contributed by atoms with E-state index in [9.17, 15) is 8.42 Å². The molecule has 1 heterocycles. The summed E-state index contributed by atoms with van der Waals surface area (Å²) in [4.78, 5) is 2.17. The van der Waals surface area contributed by atoms with Gasteiger partial charge in [-0.1, -0.05) is 0 Å². The SMILES string of the molecule is CS(=O)(=O)CCN1CCC(N)CC1.Cl.Cl.O. The Balaban J connectivity index is -0.000000563. The number of hydrogen-bond donors (Lipinski definition) is 1. The number of rotatable bonds is 3. The standard InChI is InChI=1S/C8H18N2O2S.2ClH.H2O/c1-13(11,12)7-6-10-4-2-8(9)3-5-10;;;/h8H,2-7,9H2,1H3;2*1H;1H2. The van der Waals surface area contributed by atoms with Crippen LogP contribution in [0.3, 0.4) is 0 Å². The molecule has 0 aromatic heterocycles. The van der Waals surface area contributed by atoms with Crippen molar-refractivity contribution in [1.82, 2.24) is 4.90 Å². The summed E-state index contributed by atoms with van der Waals surface area (Å²) < 4.78 is 21.8. The average Bonchev–Trinajstić information content (AvgIpc) is 2.02. The first-order valence-corrected chi connectivity index (χ1v) is 6.69. The van der Waals surface area contributed by atoms with Crippen LogP contribution in [-0.2, 0) is 9.84 Å². The third-order valence-electron chi connectivity index (χ3n) is 2.41. The van der Waals surface area contributed by atoms with Gasteiger partial charge in [0.25, 0.3) is 0 Å². The van der Waals surface area contributed by atoms with Crippen molar-refractivity contribution in [1.29, 1.82) is 0 Å². The first kappa shape index (κ1) is 21.7. The lowest BCUT2D eigenvalue weighted by Gasteiger charge is -2.29. The van der Waals surface area contributed by atoms with Crippen LogP contribution >= 0.6 is 24.8 Å². The van der Waals surface area contributed by atoms with Crippen molar-refractivity contribution in [2.45, 2.75) is 18.9 Å². The van der Waals surface area contributed by atoms with E-state index in [2.05, 4.69) is 4.90 Å². The predicted octanol–water partition coefficient (Wildman–Crippen LogP) is -0.527. The van der Waals surface area contributed by atoms with Gasteiger partial charge in [0.1, 0.15) is 9.84 Å². The van der Waals surface area contributed by atoms with E-state index in [1.807, 2.05) is 0 Å². The van der Waals surface area contributed by atoms with Crippen molar-refractivity contribution in [3.63, 3.8) is 0 Å². The summed E-state index contributed by atoms with van der Waals surface area (Å²) in [6.45, 7) is 2.54. The second kappa shape index (κ2) is 9.44. The van der Waals surface area contributed by atoms with E-state index in [1.165, 1.54) is 6.26 Å². The van der Waals surface area contributed by atoms with Crippen molar-refractivity contribution in [2.75, 3.05) is 31.6 Å². The van der Waals surface area contributed by atoms with E-state index in [0.29, 0.717) is 12.6 Å². The Kier molecular flexibility index (Phi) is 12.8. The lowest BCUT2D eigenvalue weighted by Crippen LogP contribution is -2.41. The van der Waals surface area contributed by atoms with Crippen LogP contribution in [0, 0.1) is 0 Å². The molecule has 0 aromatic rings. The summed E-state index contributed by atoms with van der Waals surface area (Å²) in [6, 6.07) is 0.314. The maximum Gasteiger partial charge on any atom is 0.148 e. The Hall–Kier alpha value is 0.410. The van der Waals surface area contributed by atoms with E-state index in [1.54, 1.807) is 0 Å². The van der Waals surface area contributed by atoms with Gasteiger partial charge >= 0.3 is 0 Å². The van der Waals surface area contributed by atoms with Crippen LogP contribution in [0.4, 0.5) is 0 Å². The van der Waals surface area contributed by atoms with Gasteiger partial charge in [-0.3, -0.25) is 0 Å². The Morgan fingerprint density at radius 1 is 1.25 bits per heavy atom. The van der Waals surface area contributed by atoms with Crippen molar-refractivity contribution < 1.29 is 13.9 Å². The molecule has 4 N–H and O–H groups in total. The monoisotopic (exact) mass is 296 g/mol. The summed E-state index contributed by atoms with van der Waals surface area (Å²) >= 11 is 0. The molecule has 1 aliphatic heterocycles. The highest BCUT2D eigenvalue weighted by Gasteiger charge is 2.16. The molecule has 16 heavy (non-hydrogen) atoms. The largest absolute Gasteiger partial charge is 0.412 e. The first-order chi connectivity index (χ1) is 5.97. The molecule has 1 rings (SSSR count). The fraction of sp³-hybridized carbons (Fsp3) is 1.00. The molecule has 0 aliphatic carbocycles. The Bertz CT molecular complexity index is 254. The minimum Gasteiger partial charge on any atom is -0.412 e. The zero-order valence-corrected chi connectivity index (χ0v) is 11.8. The van der Waals surface area contributed by atoms with Gasteiger partial charge in [0.15, 0.2) is 0 Å². The van der Waals surface area contributed by atoms with Crippen molar-refractivity contribution >= 4 is 34.7 Å². The van der Waals surface area contributed by atoms with Crippen molar-refractivity contribution in [2.24, 2.45) is 5.73 Å². The molecule has 1 saturated heterocycles. The van der Waals surface area contributed by atoms with Gasteiger partial charge in [-0.05, 0) is 25.9 Å². The van der Waals surface area contributed by atoms with Gasteiger partial charge < -0.3 is 16.1 Å². The van der Waals surface area contributed by atoms with Crippen LogP contribution in [0.15, 0.2) is 0 Å². The maximum atomic E-state index is 10.9. The topological polar surface area (TPSA) is 94.9 Å². The zero-order chi connectivity index (χ0) is 9.90. The minimum absolute atomic E-state index is 0. The summed E-state index contributed by atoms with van der Waals surface area (Å²) in [5, 5.41) is 0. The molecule has 0 radical (unpaired) electrons. The number of nitrogens with two attached hydrogens (primary N) is 1. The van der Waals surface area contributed by atoms with E-state index in [0.717, 1.165) is 25.9 Å². The number of piperidine rings is 1. The molecule has 0 amide bonds. The van der Waals surface area contributed by atoms with Crippen LogP contribution in [-0.4, -0.2) is 56.5 Å². The average molecular weight is 297 g/mol. The fourth-order valence-corrected chi connectivity index (χ4v) is 2.06. The summed E-state index contributed by atoms with van der Waals surface area (Å²) in [7, 11) is -2.81. The number of halogens is 2. The maximum absolute atomic E-state index is 10.9. The molecule has 1 aliphatic rings. The molecular formula is C8H22Cl2N2O3S. The molecule has 0 saturated carbocycles. The number of likely N-dealkylation sites (tertiary alicyclic amines) is 1. The number of nitrogens with zero attached hydrogens (tertiary/aromatic N) is 1. The molecule has 8 heteroatoms. The molecule has 102 valence electrons. The Morgan fingerprint density at radius 3 is 2.06 bits per heavy atom.